The van der Waals surface area contributed by atoms with Crippen LogP contribution in [0.4, 0.5) is 5.95 Å². The summed E-state index contributed by atoms with van der Waals surface area (Å²) in [6, 6.07) is 8.69. The van der Waals surface area contributed by atoms with E-state index in [-0.39, 0.29) is 30.0 Å². The predicted octanol–water partition coefficient (Wildman–Crippen LogP) is 2.58. The number of ether oxygens (including phenoxy) is 3. The Labute approximate surface area is 217 Å². The van der Waals surface area contributed by atoms with E-state index in [1.54, 1.807) is 31.3 Å². The molecule has 0 radical (unpaired) electrons. The average Bonchev–Trinajstić information content (AvgIpc) is 3.35. The zero-order valence-electron chi connectivity index (χ0n) is 21.4. The highest BCUT2D eigenvalue weighted by Gasteiger charge is 2.58. The number of fused-ring (bicyclic) bond motifs is 1. The summed E-state index contributed by atoms with van der Waals surface area (Å²) in [6.07, 6.45) is 2.79. The van der Waals surface area contributed by atoms with Gasteiger partial charge in [0.15, 0.2) is 6.10 Å². The molecule has 0 spiro atoms. The van der Waals surface area contributed by atoms with Gasteiger partial charge in [-0.15, -0.1) is 0 Å². The highest BCUT2D eigenvalue weighted by Crippen LogP contribution is 2.43. The van der Waals surface area contributed by atoms with Crippen LogP contribution in [-0.4, -0.2) is 78.6 Å². The Morgan fingerprint density at radius 1 is 1.19 bits per heavy atom. The van der Waals surface area contributed by atoms with Gasteiger partial charge in [-0.3, -0.25) is 0 Å². The first-order chi connectivity index (χ1) is 17.6. The minimum absolute atomic E-state index is 0.0272. The summed E-state index contributed by atoms with van der Waals surface area (Å²) in [7, 11) is -3.51. The molecule has 4 atom stereocenters. The van der Waals surface area contributed by atoms with Gasteiger partial charge in [0, 0.05) is 43.7 Å². The smallest absolute Gasteiger partial charge is 0.243 e. The summed E-state index contributed by atoms with van der Waals surface area (Å²) in [6.45, 7) is 7.15. The molecule has 0 saturated carbocycles. The van der Waals surface area contributed by atoms with Gasteiger partial charge in [-0.2, -0.15) is 9.29 Å². The molecule has 1 aromatic heterocycles. The van der Waals surface area contributed by atoms with E-state index in [2.05, 4.69) is 15.3 Å². The number of aromatic nitrogens is 2. The first-order valence-corrected chi connectivity index (χ1v) is 14.2. The lowest BCUT2D eigenvalue weighted by molar-refractivity contribution is -0.118. The van der Waals surface area contributed by atoms with Crippen molar-refractivity contribution in [2.24, 2.45) is 5.92 Å². The van der Waals surface area contributed by atoms with Gasteiger partial charge in [0.1, 0.15) is 11.4 Å². The van der Waals surface area contributed by atoms with E-state index in [4.69, 9.17) is 14.2 Å². The minimum Gasteiger partial charge on any atom is -0.469 e. The van der Waals surface area contributed by atoms with E-state index >= 15 is 0 Å². The van der Waals surface area contributed by atoms with Crippen molar-refractivity contribution in [3.63, 3.8) is 0 Å². The second-order valence-corrected chi connectivity index (χ2v) is 12.3. The van der Waals surface area contributed by atoms with Gasteiger partial charge in [-0.05, 0) is 45.7 Å². The summed E-state index contributed by atoms with van der Waals surface area (Å²) in [5.74, 6) is 0.987. The molecule has 11 heteroatoms. The molecule has 5 rings (SSSR count). The van der Waals surface area contributed by atoms with Crippen LogP contribution in [0.5, 0.6) is 5.88 Å². The van der Waals surface area contributed by atoms with Crippen molar-refractivity contribution in [3.05, 3.63) is 42.1 Å². The third kappa shape index (κ3) is 5.36. The number of rotatable bonds is 8. The lowest BCUT2D eigenvalue weighted by Gasteiger charge is -2.31. The summed E-state index contributed by atoms with van der Waals surface area (Å²) in [5, 5.41) is 3.33. The molecule has 2 aromatic rings. The van der Waals surface area contributed by atoms with Crippen LogP contribution >= 0.6 is 0 Å². The second kappa shape index (κ2) is 10.3. The van der Waals surface area contributed by atoms with Crippen molar-refractivity contribution >= 4 is 21.8 Å². The molecule has 0 bridgehead atoms. The van der Waals surface area contributed by atoms with Gasteiger partial charge in [-0.1, -0.05) is 17.7 Å². The van der Waals surface area contributed by atoms with Gasteiger partial charge >= 0.3 is 0 Å². The number of piperidine rings is 1. The number of anilines is 1. The molecule has 0 aliphatic carbocycles. The third-order valence-corrected chi connectivity index (χ3v) is 9.47. The van der Waals surface area contributed by atoms with Gasteiger partial charge in [0.05, 0.1) is 24.2 Å². The van der Waals surface area contributed by atoms with Crippen LogP contribution in [0, 0.1) is 12.8 Å². The Kier molecular flexibility index (Phi) is 7.23. The topological polar surface area (TPSA) is 120 Å². The fraction of sp³-hybridized carbons (Fsp3) is 0.577. The fourth-order valence-corrected chi connectivity index (χ4v) is 6.92. The number of carbonyl (C=O) groups excluding carboxylic acids is 1. The summed E-state index contributed by atoms with van der Waals surface area (Å²) < 4.78 is 45.7. The third-order valence-electron chi connectivity index (χ3n) is 7.56. The molecule has 0 unspecified atom stereocenters. The van der Waals surface area contributed by atoms with Crippen LogP contribution in [0.15, 0.2) is 41.4 Å². The summed E-state index contributed by atoms with van der Waals surface area (Å²) >= 11 is 0. The number of hydrogen-bond donors (Lipinski definition) is 1. The van der Waals surface area contributed by atoms with Crippen LogP contribution in [0.1, 0.15) is 38.7 Å². The molecule has 3 fully saturated rings. The van der Waals surface area contributed by atoms with E-state index in [0.29, 0.717) is 62.3 Å². The van der Waals surface area contributed by atoms with Crippen LogP contribution in [-0.2, 0) is 24.3 Å². The highest BCUT2D eigenvalue weighted by atomic mass is 32.2. The Hall–Kier alpha value is -2.60. The number of hydrogen-bond acceptors (Lipinski definition) is 9. The van der Waals surface area contributed by atoms with E-state index < -0.39 is 15.6 Å². The Bertz CT molecular complexity index is 1230. The number of nitrogens with one attached hydrogen (secondary N) is 1. The standard InChI is InChI=1S/C26H34N4O6S/c1-17-4-6-21(7-5-17)37(32,33)30-12-9-20(10-13-30)28-25-27-11-8-23(29-25)36-22-16-34-24-19(14-18(2)31)15-35-26(22,24)3/h4-8,11,19-20,22,24H,9-10,12-16H2,1-3H3,(H,27,28,29)/t19-,22-,24+,26+/m0/s1. The van der Waals surface area contributed by atoms with Crippen molar-refractivity contribution in [1.82, 2.24) is 14.3 Å². The maximum atomic E-state index is 13.0. The van der Waals surface area contributed by atoms with Crippen molar-refractivity contribution in [3.8, 4) is 5.88 Å². The van der Waals surface area contributed by atoms with Crippen LogP contribution in [0.2, 0.25) is 0 Å². The zero-order chi connectivity index (χ0) is 26.2. The Morgan fingerprint density at radius 2 is 1.92 bits per heavy atom. The van der Waals surface area contributed by atoms with Crippen molar-refractivity contribution in [2.45, 2.75) is 68.8 Å². The maximum Gasteiger partial charge on any atom is 0.243 e. The molecule has 1 aromatic carbocycles. The molecular weight excluding hydrogens is 496 g/mol. The molecule has 37 heavy (non-hydrogen) atoms. The van der Waals surface area contributed by atoms with Crippen LogP contribution in [0.25, 0.3) is 0 Å². The first kappa shape index (κ1) is 26.0. The van der Waals surface area contributed by atoms with E-state index in [1.165, 1.54) is 4.31 Å². The number of aryl methyl sites for hydroxylation is 1. The number of sulfonamides is 1. The lowest BCUT2D eigenvalue weighted by Crippen LogP contribution is -2.46. The molecule has 1 N–H and O–H groups in total. The SMILES string of the molecule is CC(=O)C[C@H]1CO[C@]2(C)[C@@H](Oc3ccnc(NC4CCN(S(=O)(=O)c5ccc(C)cc5)CC4)n3)CO[C@H]12. The monoisotopic (exact) mass is 530 g/mol. The maximum absolute atomic E-state index is 13.0. The van der Waals surface area contributed by atoms with Crippen molar-refractivity contribution < 1.29 is 27.4 Å². The van der Waals surface area contributed by atoms with Crippen molar-refractivity contribution in [2.75, 3.05) is 31.6 Å². The van der Waals surface area contributed by atoms with E-state index in [0.717, 1.165) is 5.56 Å². The van der Waals surface area contributed by atoms with E-state index in [9.17, 15) is 13.2 Å². The number of carbonyl (C=O) groups is 1. The summed E-state index contributed by atoms with van der Waals surface area (Å²) in [4.78, 5) is 20.8. The normalized spacial score (nSPS) is 28.7. The van der Waals surface area contributed by atoms with Crippen LogP contribution < -0.4 is 10.1 Å². The largest absolute Gasteiger partial charge is 0.469 e. The minimum atomic E-state index is -3.51. The van der Waals surface area contributed by atoms with Gasteiger partial charge in [0.2, 0.25) is 21.9 Å². The first-order valence-electron chi connectivity index (χ1n) is 12.7. The number of benzene rings is 1. The molecular formula is C26H34N4O6S. The molecule has 0 amide bonds. The predicted molar refractivity (Wildman–Crippen MR) is 136 cm³/mol. The number of Topliss-reactive ketones (excluding diaryl/α,β-unsaturated/α-hetero) is 1. The Balaban J connectivity index is 1.17. The average molecular weight is 531 g/mol. The van der Waals surface area contributed by atoms with Crippen molar-refractivity contribution in [1.29, 1.82) is 0 Å². The highest BCUT2D eigenvalue weighted by molar-refractivity contribution is 7.89. The molecule has 4 heterocycles. The summed E-state index contributed by atoms with van der Waals surface area (Å²) in [5.41, 5.74) is 0.379. The van der Waals surface area contributed by atoms with Gasteiger partial charge in [-0.25, -0.2) is 13.4 Å². The number of ketones is 1. The Morgan fingerprint density at radius 3 is 2.62 bits per heavy atom. The fourth-order valence-electron chi connectivity index (χ4n) is 5.45. The number of nitrogens with zero attached hydrogens (tertiary/aromatic N) is 3. The zero-order valence-corrected chi connectivity index (χ0v) is 22.2. The molecule has 10 nitrogen and oxygen atoms in total. The molecule has 3 aliphatic rings. The quantitative estimate of drug-likeness (QED) is 0.549. The molecule has 3 saturated heterocycles. The lowest BCUT2D eigenvalue weighted by atomic mass is 9.87. The second-order valence-electron chi connectivity index (χ2n) is 10.4. The van der Waals surface area contributed by atoms with Gasteiger partial charge in [0.25, 0.3) is 0 Å². The molecule has 3 aliphatic heterocycles. The molecule has 200 valence electrons. The van der Waals surface area contributed by atoms with E-state index in [1.807, 2.05) is 26.0 Å². The van der Waals surface area contributed by atoms with Crippen LogP contribution in [0.3, 0.4) is 0 Å². The van der Waals surface area contributed by atoms with Gasteiger partial charge < -0.3 is 24.3 Å².